The van der Waals surface area contributed by atoms with E-state index in [0.717, 1.165) is 12.1 Å². The molecule has 0 saturated carbocycles. The number of halogens is 6. The van der Waals surface area contributed by atoms with Crippen molar-refractivity contribution in [3.05, 3.63) is 35.4 Å². The first-order valence-corrected chi connectivity index (χ1v) is 4.58. The number of hydrogen-bond donors (Lipinski definition) is 1. The Balaban J connectivity index is 3.23. The molecule has 0 bridgehead atoms. The first-order valence-electron chi connectivity index (χ1n) is 4.58. The van der Waals surface area contributed by atoms with Crippen LogP contribution in [0.4, 0.5) is 26.3 Å². The molecule has 7 heteroatoms. The standard InChI is InChI=1S/C10H9F6N/c11-8(9(12,13)5-17)6-3-1-2-4-7(6)10(14,15)16/h1-4,8H,5,17H2. The van der Waals surface area contributed by atoms with E-state index in [-0.39, 0.29) is 0 Å². The lowest BCUT2D eigenvalue weighted by Crippen LogP contribution is -2.33. The summed E-state index contributed by atoms with van der Waals surface area (Å²) >= 11 is 0. The Morgan fingerprint density at radius 1 is 1.06 bits per heavy atom. The van der Waals surface area contributed by atoms with Gasteiger partial charge in [0.2, 0.25) is 0 Å². The fourth-order valence-corrected chi connectivity index (χ4v) is 1.31. The second kappa shape index (κ2) is 4.56. The van der Waals surface area contributed by atoms with Gasteiger partial charge in [0.25, 0.3) is 5.92 Å². The van der Waals surface area contributed by atoms with Gasteiger partial charge in [-0.25, -0.2) is 13.2 Å². The quantitative estimate of drug-likeness (QED) is 0.826. The Labute approximate surface area is 93.2 Å². The van der Waals surface area contributed by atoms with Gasteiger partial charge < -0.3 is 5.73 Å². The summed E-state index contributed by atoms with van der Waals surface area (Å²) in [5.41, 5.74) is 2.11. The summed E-state index contributed by atoms with van der Waals surface area (Å²) in [5, 5.41) is 0. The van der Waals surface area contributed by atoms with E-state index < -0.39 is 35.9 Å². The predicted molar refractivity (Wildman–Crippen MR) is 49.3 cm³/mol. The van der Waals surface area contributed by atoms with E-state index in [4.69, 9.17) is 0 Å². The maximum Gasteiger partial charge on any atom is 0.416 e. The second-order valence-corrected chi connectivity index (χ2v) is 3.41. The van der Waals surface area contributed by atoms with Crippen LogP contribution < -0.4 is 5.73 Å². The first kappa shape index (κ1) is 13.8. The van der Waals surface area contributed by atoms with Gasteiger partial charge in [0.1, 0.15) is 0 Å². The molecule has 0 aliphatic rings. The number of hydrogen-bond acceptors (Lipinski definition) is 1. The molecule has 96 valence electrons. The van der Waals surface area contributed by atoms with Crippen LogP contribution in [0.15, 0.2) is 24.3 Å². The summed E-state index contributed by atoms with van der Waals surface area (Å²) in [5.74, 6) is -4.03. The molecule has 1 rings (SSSR count). The zero-order chi connectivity index (χ0) is 13.3. The van der Waals surface area contributed by atoms with Crippen molar-refractivity contribution < 1.29 is 26.3 Å². The largest absolute Gasteiger partial charge is 0.416 e. The fraction of sp³-hybridized carbons (Fsp3) is 0.400. The van der Waals surface area contributed by atoms with Crippen LogP contribution in [-0.4, -0.2) is 12.5 Å². The average Bonchev–Trinajstić information content (AvgIpc) is 2.27. The summed E-state index contributed by atoms with van der Waals surface area (Å²) in [6, 6.07) is 3.29. The van der Waals surface area contributed by atoms with E-state index in [1.807, 2.05) is 0 Å². The van der Waals surface area contributed by atoms with Crippen LogP contribution in [0.5, 0.6) is 0 Å². The third kappa shape index (κ3) is 2.91. The molecule has 0 aliphatic carbocycles. The number of benzene rings is 1. The van der Waals surface area contributed by atoms with E-state index in [2.05, 4.69) is 5.73 Å². The second-order valence-electron chi connectivity index (χ2n) is 3.41. The fourth-order valence-electron chi connectivity index (χ4n) is 1.31. The van der Waals surface area contributed by atoms with Gasteiger partial charge in [-0.1, -0.05) is 18.2 Å². The van der Waals surface area contributed by atoms with E-state index in [1.165, 1.54) is 0 Å². The molecule has 0 heterocycles. The predicted octanol–water partition coefficient (Wildman–Crippen LogP) is 3.31. The average molecular weight is 257 g/mol. The molecular formula is C10H9F6N. The van der Waals surface area contributed by atoms with Crippen molar-refractivity contribution in [2.24, 2.45) is 5.73 Å². The molecule has 0 fully saturated rings. The monoisotopic (exact) mass is 257 g/mol. The maximum atomic E-state index is 13.4. The van der Waals surface area contributed by atoms with Crippen LogP contribution in [-0.2, 0) is 6.18 Å². The molecule has 1 unspecified atom stereocenters. The zero-order valence-electron chi connectivity index (χ0n) is 8.44. The molecule has 0 radical (unpaired) electrons. The van der Waals surface area contributed by atoms with Gasteiger partial charge in [-0.3, -0.25) is 0 Å². The van der Waals surface area contributed by atoms with Gasteiger partial charge in [0.15, 0.2) is 6.17 Å². The van der Waals surface area contributed by atoms with Crippen LogP contribution in [0.3, 0.4) is 0 Å². The smallest absolute Gasteiger partial charge is 0.325 e. The Kier molecular flexibility index (Phi) is 3.71. The van der Waals surface area contributed by atoms with Gasteiger partial charge >= 0.3 is 6.18 Å². The van der Waals surface area contributed by atoms with E-state index in [1.54, 1.807) is 0 Å². The summed E-state index contributed by atoms with van der Waals surface area (Å²) in [6.07, 6.45) is -7.96. The third-order valence-corrected chi connectivity index (χ3v) is 2.18. The first-order chi connectivity index (χ1) is 7.70. The van der Waals surface area contributed by atoms with Crippen molar-refractivity contribution >= 4 is 0 Å². The van der Waals surface area contributed by atoms with Gasteiger partial charge in [0.05, 0.1) is 12.1 Å². The van der Waals surface area contributed by atoms with Crippen LogP contribution >= 0.6 is 0 Å². The van der Waals surface area contributed by atoms with Gasteiger partial charge in [-0.15, -0.1) is 0 Å². The van der Waals surface area contributed by atoms with E-state index in [9.17, 15) is 26.3 Å². The number of nitrogens with two attached hydrogens (primary N) is 1. The van der Waals surface area contributed by atoms with Crippen LogP contribution in [0.1, 0.15) is 17.3 Å². The normalized spacial score (nSPS) is 14.8. The molecule has 0 aromatic heterocycles. The Morgan fingerprint density at radius 3 is 2.06 bits per heavy atom. The number of alkyl halides is 6. The minimum atomic E-state index is -4.88. The minimum Gasteiger partial charge on any atom is -0.325 e. The molecule has 17 heavy (non-hydrogen) atoms. The summed E-state index contributed by atoms with van der Waals surface area (Å²) < 4.78 is 76.6. The summed E-state index contributed by atoms with van der Waals surface area (Å²) in [6.45, 7) is -1.36. The summed E-state index contributed by atoms with van der Waals surface area (Å²) in [4.78, 5) is 0. The van der Waals surface area contributed by atoms with Crippen molar-refractivity contribution in [1.29, 1.82) is 0 Å². The molecular weight excluding hydrogens is 248 g/mol. The van der Waals surface area contributed by atoms with E-state index in [0.29, 0.717) is 12.1 Å². The van der Waals surface area contributed by atoms with Gasteiger partial charge in [-0.05, 0) is 6.07 Å². The van der Waals surface area contributed by atoms with Crippen LogP contribution in [0, 0.1) is 0 Å². The zero-order valence-corrected chi connectivity index (χ0v) is 8.44. The summed E-state index contributed by atoms with van der Waals surface area (Å²) in [7, 11) is 0. The molecule has 1 aromatic carbocycles. The highest BCUT2D eigenvalue weighted by Crippen LogP contribution is 2.41. The van der Waals surface area contributed by atoms with Crippen molar-refractivity contribution in [2.45, 2.75) is 18.3 Å². The molecule has 1 aromatic rings. The lowest BCUT2D eigenvalue weighted by atomic mass is 9.99. The lowest BCUT2D eigenvalue weighted by Gasteiger charge is -2.22. The Bertz CT molecular complexity index is 387. The van der Waals surface area contributed by atoms with Crippen molar-refractivity contribution in [3.8, 4) is 0 Å². The highest BCUT2D eigenvalue weighted by Gasteiger charge is 2.44. The van der Waals surface area contributed by atoms with Crippen LogP contribution in [0.2, 0.25) is 0 Å². The Hall–Kier alpha value is -1.24. The topological polar surface area (TPSA) is 26.0 Å². The third-order valence-electron chi connectivity index (χ3n) is 2.18. The van der Waals surface area contributed by atoms with Crippen molar-refractivity contribution in [2.75, 3.05) is 6.54 Å². The maximum absolute atomic E-state index is 13.4. The minimum absolute atomic E-state index is 0.550. The molecule has 1 nitrogen and oxygen atoms in total. The molecule has 0 saturated heterocycles. The highest BCUT2D eigenvalue weighted by molar-refractivity contribution is 5.32. The molecule has 2 N–H and O–H groups in total. The highest BCUT2D eigenvalue weighted by atomic mass is 19.4. The lowest BCUT2D eigenvalue weighted by molar-refractivity contribution is -0.140. The molecule has 0 amide bonds. The molecule has 1 atom stereocenters. The SMILES string of the molecule is NCC(F)(F)C(F)c1ccccc1C(F)(F)F. The van der Waals surface area contributed by atoms with Gasteiger partial charge in [0, 0.05) is 5.56 Å². The van der Waals surface area contributed by atoms with E-state index >= 15 is 0 Å². The molecule has 0 spiro atoms. The Morgan fingerprint density at radius 2 is 1.59 bits per heavy atom. The van der Waals surface area contributed by atoms with Crippen molar-refractivity contribution in [1.82, 2.24) is 0 Å². The molecule has 0 aliphatic heterocycles. The van der Waals surface area contributed by atoms with Gasteiger partial charge in [-0.2, -0.15) is 13.2 Å². The van der Waals surface area contributed by atoms with Crippen molar-refractivity contribution in [3.63, 3.8) is 0 Å². The van der Waals surface area contributed by atoms with Crippen LogP contribution in [0.25, 0.3) is 0 Å². The number of rotatable bonds is 3.